The lowest BCUT2D eigenvalue weighted by Gasteiger charge is -1.91. The molecule has 74 valence electrons. The van der Waals surface area contributed by atoms with Gasteiger partial charge in [-0.3, -0.25) is 0 Å². The molecule has 0 bridgehead atoms. The van der Waals surface area contributed by atoms with Crippen molar-refractivity contribution in [1.29, 1.82) is 0 Å². The van der Waals surface area contributed by atoms with E-state index in [0.717, 1.165) is 28.5 Å². The van der Waals surface area contributed by atoms with Gasteiger partial charge in [0.1, 0.15) is 10.7 Å². The molecule has 0 radical (unpaired) electrons. The van der Waals surface area contributed by atoms with Crippen molar-refractivity contribution in [2.75, 3.05) is 6.54 Å². The third kappa shape index (κ3) is 1.69. The van der Waals surface area contributed by atoms with Crippen LogP contribution in [0.25, 0.3) is 10.7 Å². The number of thiazole rings is 1. The lowest BCUT2D eigenvalue weighted by atomic mass is 10.3. The van der Waals surface area contributed by atoms with E-state index in [-0.39, 0.29) is 0 Å². The molecule has 2 aromatic rings. The third-order valence-electron chi connectivity index (χ3n) is 1.98. The minimum absolute atomic E-state index is 0.642. The second-order valence-electron chi connectivity index (χ2n) is 3.06. The maximum absolute atomic E-state index is 5.46. The van der Waals surface area contributed by atoms with Gasteiger partial charge in [-0.2, -0.15) is 0 Å². The summed E-state index contributed by atoms with van der Waals surface area (Å²) in [5.41, 5.74) is 8.51. The Labute approximate surface area is 86.2 Å². The smallest absolute Gasteiger partial charge is 0.143 e. The molecule has 3 N–H and O–H groups in total. The Balaban J connectivity index is 2.29. The lowest BCUT2D eigenvalue weighted by Crippen LogP contribution is -2.02. The molecule has 2 heterocycles. The topological polar surface area (TPSA) is 67.6 Å². The van der Waals surface area contributed by atoms with E-state index in [2.05, 4.69) is 15.0 Å². The number of aryl methyl sites for hydroxylation is 1. The first-order chi connectivity index (χ1) is 6.81. The number of H-pyrrole nitrogens is 1. The minimum Gasteiger partial charge on any atom is -0.348 e. The van der Waals surface area contributed by atoms with E-state index < -0.39 is 0 Å². The van der Waals surface area contributed by atoms with Crippen LogP contribution in [0.3, 0.4) is 0 Å². The lowest BCUT2D eigenvalue weighted by molar-refractivity contribution is 0.936. The molecule has 0 atom stereocenters. The van der Waals surface area contributed by atoms with Crippen LogP contribution in [-0.4, -0.2) is 21.5 Å². The molecule has 14 heavy (non-hydrogen) atoms. The largest absolute Gasteiger partial charge is 0.348 e. The first kappa shape index (κ1) is 9.36. The number of imidazole rings is 1. The van der Waals surface area contributed by atoms with E-state index in [1.165, 1.54) is 0 Å². The highest BCUT2D eigenvalue weighted by atomic mass is 32.1. The molecule has 2 aromatic heterocycles. The van der Waals surface area contributed by atoms with Gasteiger partial charge >= 0.3 is 0 Å². The summed E-state index contributed by atoms with van der Waals surface area (Å²) >= 11 is 1.61. The summed E-state index contributed by atoms with van der Waals surface area (Å²) in [5.74, 6) is 0. The zero-order chi connectivity index (χ0) is 9.97. The van der Waals surface area contributed by atoms with Crippen molar-refractivity contribution < 1.29 is 0 Å². The van der Waals surface area contributed by atoms with Gasteiger partial charge in [0.25, 0.3) is 0 Å². The predicted molar refractivity (Wildman–Crippen MR) is 57.2 cm³/mol. The van der Waals surface area contributed by atoms with Crippen LogP contribution in [0.1, 0.15) is 11.4 Å². The SMILES string of the molecule is Cc1[nH]cnc1-c1nc(CCN)cs1. The van der Waals surface area contributed by atoms with E-state index in [4.69, 9.17) is 5.73 Å². The van der Waals surface area contributed by atoms with Crippen LogP contribution in [0.5, 0.6) is 0 Å². The van der Waals surface area contributed by atoms with Crippen LogP contribution in [-0.2, 0) is 6.42 Å². The van der Waals surface area contributed by atoms with Crippen LogP contribution >= 0.6 is 11.3 Å². The first-order valence-electron chi connectivity index (χ1n) is 4.46. The Kier molecular flexibility index (Phi) is 2.60. The van der Waals surface area contributed by atoms with E-state index in [1.807, 2.05) is 12.3 Å². The second kappa shape index (κ2) is 3.89. The molecule has 0 aliphatic heterocycles. The summed E-state index contributed by atoms with van der Waals surface area (Å²) in [5, 5.41) is 3.00. The molecule has 0 unspecified atom stereocenters. The second-order valence-corrected chi connectivity index (χ2v) is 3.92. The zero-order valence-corrected chi connectivity index (χ0v) is 8.77. The maximum atomic E-state index is 5.46. The van der Waals surface area contributed by atoms with Gasteiger partial charge < -0.3 is 10.7 Å². The standard InChI is InChI=1S/C9H12N4S/c1-6-8(12-5-11-6)9-13-7(2-3-10)4-14-9/h4-5H,2-3,10H2,1H3,(H,11,12). The van der Waals surface area contributed by atoms with Gasteiger partial charge in [-0.1, -0.05) is 0 Å². The molecule has 2 rings (SSSR count). The number of hydrogen-bond donors (Lipinski definition) is 2. The highest BCUT2D eigenvalue weighted by molar-refractivity contribution is 7.13. The van der Waals surface area contributed by atoms with Gasteiger partial charge in [-0.05, 0) is 13.5 Å². The molecule has 0 spiro atoms. The fourth-order valence-electron chi connectivity index (χ4n) is 1.25. The molecule has 0 aromatic carbocycles. The number of nitrogens with zero attached hydrogens (tertiary/aromatic N) is 2. The number of aromatic nitrogens is 3. The van der Waals surface area contributed by atoms with Gasteiger partial charge in [0.2, 0.25) is 0 Å². The van der Waals surface area contributed by atoms with Crippen molar-refractivity contribution in [3.05, 3.63) is 23.1 Å². The monoisotopic (exact) mass is 208 g/mol. The quantitative estimate of drug-likeness (QED) is 0.800. The summed E-state index contributed by atoms with van der Waals surface area (Å²) in [6.45, 7) is 2.63. The minimum atomic E-state index is 0.642. The van der Waals surface area contributed by atoms with Crippen LogP contribution in [0.2, 0.25) is 0 Å². The van der Waals surface area contributed by atoms with Crippen molar-refractivity contribution in [2.24, 2.45) is 5.73 Å². The highest BCUT2D eigenvalue weighted by Crippen LogP contribution is 2.23. The Hall–Kier alpha value is -1.20. The number of aromatic amines is 1. The Bertz CT molecular complexity index is 418. The normalized spacial score (nSPS) is 10.7. The summed E-state index contributed by atoms with van der Waals surface area (Å²) in [6.07, 6.45) is 2.52. The van der Waals surface area contributed by atoms with E-state index in [1.54, 1.807) is 17.7 Å². The van der Waals surface area contributed by atoms with Crippen molar-refractivity contribution in [1.82, 2.24) is 15.0 Å². The summed E-state index contributed by atoms with van der Waals surface area (Å²) in [7, 11) is 0. The van der Waals surface area contributed by atoms with Crippen LogP contribution in [0.15, 0.2) is 11.7 Å². The number of rotatable bonds is 3. The van der Waals surface area contributed by atoms with Crippen molar-refractivity contribution in [3.8, 4) is 10.7 Å². The van der Waals surface area contributed by atoms with Gasteiger partial charge in [0.05, 0.1) is 12.0 Å². The molecule has 0 saturated carbocycles. The van der Waals surface area contributed by atoms with Gasteiger partial charge in [0, 0.05) is 17.5 Å². The molecular weight excluding hydrogens is 196 g/mol. The Morgan fingerprint density at radius 2 is 2.43 bits per heavy atom. The fraction of sp³-hybridized carbons (Fsp3) is 0.333. The van der Waals surface area contributed by atoms with Gasteiger partial charge in [0.15, 0.2) is 0 Å². The summed E-state index contributed by atoms with van der Waals surface area (Å²) < 4.78 is 0. The van der Waals surface area contributed by atoms with Crippen molar-refractivity contribution in [3.63, 3.8) is 0 Å². The molecule has 5 heteroatoms. The van der Waals surface area contributed by atoms with E-state index in [0.29, 0.717) is 6.54 Å². The average Bonchev–Trinajstić information content (AvgIpc) is 2.74. The highest BCUT2D eigenvalue weighted by Gasteiger charge is 2.08. The van der Waals surface area contributed by atoms with Crippen molar-refractivity contribution in [2.45, 2.75) is 13.3 Å². The van der Waals surface area contributed by atoms with Crippen LogP contribution in [0, 0.1) is 6.92 Å². The Morgan fingerprint density at radius 3 is 3.07 bits per heavy atom. The number of nitrogens with one attached hydrogen (secondary N) is 1. The number of nitrogens with two attached hydrogens (primary N) is 1. The molecular formula is C9H12N4S. The average molecular weight is 208 g/mol. The molecule has 0 aliphatic carbocycles. The van der Waals surface area contributed by atoms with Crippen molar-refractivity contribution >= 4 is 11.3 Å². The first-order valence-corrected chi connectivity index (χ1v) is 5.34. The number of hydrogen-bond acceptors (Lipinski definition) is 4. The summed E-state index contributed by atoms with van der Waals surface area (Å²) in [6, 6.07) is 0. The fourth-order valence-corrected chi connectivity index (χ4v) is 2.16. The molecule has 4 nitrogen and oxygen atoms in total. The van der Waals surface area contributed by atoms with E-state index in [9.17, 15) is 0 Å². The molecule has 0 aliphatic rings. The van der Waals surface area contributed by atoms with E-state index >= 15 is 0 Å². The third-order valence-corrected chi connectivity index (χ3v) is 2.88. The maximum Gasteiger partial charge on any atom is 0.143 e. The van der Waals surface area contributed by atoms with Gasteiger partial charge in [-0.25, -0.2) is 9.97 Å². The zero-order valence-electron chi connectivity index (χ0n) is 7.95. The van der Waals surface area contributed by atoms with Gasteiger partial charge in [-0.15, -0.1) is 11.3 Å². The summed E-state index contributed by atoms with van der Waals surface area (Å²) in [4.78, 5) is 11.7. The van der Waals surface area contributed by atoms with Crippen LogP contribution in [0.4, 0.5) is 0 Å². The molecule has 0 saturated heterocycles. The molecule has 0 amide bonds. The van der Waals surface area contributed by atoms with Crippen LogP contribution < -0.4 is 5.73 Å². The predicted octanol–water partition coefficient (Wildman–Crippen LogP) is 1.34. The molecule has 0 fully saturated rings. The Morgan fingerprint density at radius 1 is 1.57 bits per heavy atom.